The minimum Gasteiger partial charge on any atom is -0.489 e. The summed E-state index contributed by atoms with van der Waals surface area (Å²) in [5.74, 6) is -0.229. The van der Waals surface area contributed by atoms with Crippen molar-refractivity contribution in [2.75, 3.05) is 13.2 Å². The Morgan fingerprint density at radius 3 is 2.02 bits per heavy atom. The summed E-state index contributed by atoms with van der Waals surface area (Å²) >= 11 is 6.60. The monoisotopic (exact) mass is 611 g/mol. The van der Waals surface area contributed by atoms with Crippen molar-refractivity contribution in [1.29, 1.82) is 0 Å². The van der Waals surface area contributed by atoms with Crippen molar-refractivity contribution >= 4 is 29.6 Å². The second-order valence-electron chi connectivity index (χ2n) is 10.6. The molecule has 0 aliphatic rings. The first-order valence-electron chi connectivity index (χ1n) is 14.0. The van der Waals surface area contributed by atoms with Gasteiger partial charge in [0.2, 0.25) is 5.54 Å². The number of esters is 2. The van der Waals surface area contributed by atoms with Crippen molar-refractivity contribution in [3.8, 4) is 17.2 Å². The van der Waals surface area contributed by atoms with Crippen LogP contribution in [0.5, 0.6) is 17.2 Å². The summed E-state index contributed by atoms with van der Waals surface area (Å²) in [5, 5.41) is 2.77. The molecule has 9 nitrogen and oxygen atoms in total. The fourth-order valence-electron chi connectivity index (χ4n) is 4.06. The molecule has 10 heteroatoms. The van der Waals surface area contributed by atoms with E-state index in [2.05, 4.69) is 5.32 Å². The summed E-state index contributed by atoms with van der Waals surface area (Å²) in [7, 11) is 0. The lowest BCUT2D eigenvalue weighted by Gasteiger charge is -2.31. The number of amides is 1. The van der Waals surface area contributed by atoms with Gasteiger partial charge in [-0.25, -0.2) is 14.4 Å². The van der Waals surface area contributed by atoms with Gasteiger partial charge in [-0.05, 0) is 82.9 Å². The average Bonchev–Trinajstić information content (AvgIpc) is 2.95. The zero-order chi connectivity index (χ0) is 31.5. The highest BCUT2D eigenvalue weighted by molar-refractivity contribution is 6.31. The molecule has 3 aromatic rings. The second kappa shape index (κ2) is 15.3. The lowest BCUT2D eigenvalue weighted by atomic mass is 9.91. The van der Waals surface area contributed by atoms with Crippen LogP contribution >= 0.6 is 11.6 Å². The van der Waals surface area contributed by atoms with E-state index in [-0.39, 0.29) is 26.1 Å². The fourth-order valence-corrected chi connectivity index (χ4v) is 4.32. The van der Waals surface area contributed by atoms with E-state index in [1.165, 1.54) is 0 Å². The molecule has 0 aliphatic heterocycles. The van der Waals surface area contributed by atoms with Crippen LogP contribution in [0.1, 0.15) is 52.2 Å². The van der Waals surface area contributed by atoms with Crippen molar-refractivity contribution in [2.45, 2.75) is 65.2 Å². The van der Waals surface area contributed by atoms with E-state index < -0.39 is 29.2 Å². The minimum atomic E-state index is -2.15. The zero-order valence-corrected chi connectivity index (χ0v) is 25.9. The summed E-state index contributed by atoms with van der Waals surface area (Å²) in [4.78, 5) is 39.0. The molecule has 0 aliphatic carbocycles. The third-order valence-corrected chi connectivity index (χ3v) is 6.40. The van der Waals surface area contributed by atoms with Gasteiger partial charge in [-0.3, -0.25) is 5.32 Å². The van der Waals surface area contributed by atoms with Crippen LogP contribution in [-0.2, 0) is 36.8 Å². The van der Waals surface area contributed by atoms with Gasteiger partial charge < -0.3 is 23.7 Å². The van der Waals surface area contributed by atoms with Crippen molar-refractivity contribution in [2.24, 2.45) is 0 Å². The van der Waals surface area contributed by atoms with Gasteiger partial charge in [0.05, 0.1) is 13.2 Å². The molecule has 0 aromatic heterocycles. The molecule has 0 saturated carbocycles. The lowest BCUT2D eigenvalue weighted by Crippen LogP contribution is -2.62. The number of rotatable bonds is 13. The van der Waals surface area contributed by atoms with E-state index in [0.29, 0.717) is 34.4 Å². The van der Waals surface area contributed by atoms with Gasteiger partial charge >= 0.3 is 18.0 Å². The van der Waals surface area contributed by atoms with Crippen LogP contribution in [0.4, 0.5) is 4.79 Å². The summed E-state index contributed by atoms with van der Waals surface area (Å²) < 4.78 is 27.6. The Bertz CT molecular complexity index is 1370. The number of halogens is 1. The molecule has 0 spiro atoms. The Labute approximate surface area is 257 Å². The van der Waals surface area contributed by atoms with Crippen molar-refractivity contribution in [3.05, 3.63) is 88.9 Å². The molecule has 230 valence electrons. The van der Waals surface area contributed by atoms with Gasteiger partial charge in [0.25, 0.3) is 0 Å². The van der Waals surface area contributed by atoms with Gasteiger partial charge in [0, 0.05) is 11.1 Å². The van der Waals surface area contributed by atoms with Crippen LogP contribution < -0.4 is 14.8 Å². The van der Waals surface area contributed by atoms with Crippen LogP contribution in [0.2, 0.25) is 5.02 Å². The molecule has 0 heterocycles. The highest BCUT2D eigenvalue weighted by atomic mass is 35.5. The molecular formula is C33H38ClNO8. The Morgan fingerprint density at radius 1 is 0.791 bits per heavy atom. The summed E-state index contributed by atoms with van der Waals surface area (Å²) in [5.41, 5.74) is -1.36. The molecule has 1 amide bonds. The third-order valence-electron chi connectivity index (χ3n) is 6.05. The molecule has 0 fully saturated rings. The van der Waals surface area contributed by atoms with E-state index in [4.69, 9.17) is 35.3 Å². The second-order valence-corrected chi connectivity index (χ2v) is 11.0. The molecule has 0 radical (unpaired) electrons. The first-order chi connectivity index (χ1) is 20.5. The van der Waals surface area contributed by atoms with Crippen molar-refractivity contribution in [3.63, 3.8) is 0 Å². The molecule has 0 bridgehead atoms. The molecule has 1 N–H and O–H groups in total. The number of nitrogens with one attached hydrogen (secondary N) is 1. The van der Waals surface area contributed by atoms with E-state index in [1.54, 1.807) is 65.0 Å². The first-order valence-corrected chi connectivity index (χ1v) is 14.4. The van der Waals surface area contributed by atoms with Crippen LogP contribution in [0.25, 0.3) is 0 Å². The fraction of sp³-hybridized carbons (Fsp3) is 0.364. The van der Waals surface area contributed by atoms with E-state index in [0.717, 1.165) is 5.56 Å². The Kier molecular flexibility index (Phi) is 11.8. The predicted octanol–water partition coefficient (Wildman–Crippen LogP) is 7.03. The number of hydrogen-bond donors (Lipinski definition) is 1. The van der Waals surface area contributed by atoms with Gasteiger partial charge in [-0.15, -0.1) is 0 Å². The Morgan fingerprint density at radius 2 is 1.42 bits per heavy atom. The van der Waals surface area contributed by atoms with E-state index in [1.807, 2.05) is 42.5 Å². The molecular weight excluding hydrogens is 574 g/mol. The minimum absolute atomic E-state index is 0.0126. The molecule has 0 saturated heterocycles. The highest BCUT2D eigenvalue weighted by Gasteiger charge is 2.51. The van der Waals surface area contributed by atoms with E-state index in [9.17, 15) is 14.4 Å². The normalized spacial score (nSPS) is 11.3. The Hall–Kier alpha value is -4.24. The quantitative estimate of drug-likeness (QED) is 0.125. The number of alkyl carbamates (subject to hydrolysis) is 1. The third kappa shape index (κ3) is 9.92. The van der Waals surface area contributed by atoms with Crippen molar-refractivity contribution < 1.29 is 38.1 Å². The smallest absolute Gasteiger partial charge is 0.409 e. The maximum Gasteiger partial charge on any atom is 0.409 e. The molecule has 3 rings (SSSR count). The molecule has 43 heavy (non-hydrogen) atoms. The number of benzene rings is 3. The lowest BCUT2D eigenvalue weighted by molar-refractivity contribution is -0.166. The van der Waals surface area contributed by atoms with Crippen LogP contribution in [0, 0.1) is 0 Å². The molecule has 0 atom stereocenters. The van der Waals surface area contributed by atoms with Gasteiger partial charge in [0.1, 0.15) is 29.5 Å². The van der Waals surface area contributed by atoms with Gasteiger partial charge in [-0.2, -0.15) is 0 Å². The topological polar surface area (TPSA) is 109 Å². The summed E-state index contributed by atoms with van der Waals surface area (Å²) in [6.45, 7) is 8.60. The summed E-state index contributed by atoms with van der Waals surface area (Å²) in [6, 6.07) is 22.2. The predicted molar refractivity (Wildman–Crippen MR) is 162 cm³/mol. The Balaban J connectivity index is 1.76. The number of hydrogen-bond acceptors (Lipinski definition) is 8. The van der Waals surface area contributed by atoms with E-state index >= 15 is 0 Å². The zero-order valence-electron chi connectivity index (χ0n) is 25.1. The molecule has 3 aromatic carbocycles. The number of carbonyl (C=O) groups excluding carboxylic acids is 3. The van der Waals surface area contributed by atoms with Crippen molar-refractivity contribution in [1.82, 2.24) is 5.32 Å². The van der Waals surface area contributed by atoms with Crippen LogP contribution in [-0.4, -0.2) is 42.4 Å². The average molecular weight is 612 g/mol. The number of carbonyl (C=O) groups is 3. The van der Waals surface area contributed by atoms with Gasteiger partial charge in [0.15, 0.2) is 0 Å². The first kappa shape index (κ1) is 33.3. The highest BCUT2D eigenvalue weighted by Crippen LogP contribution is 2.31. The largest absolute Gasteiger partial charge is 0.489 e. The number of aryl methyl sites for hydroxylation is 1. The summed E-state index contributed by atoms with van der Waals surface area (Å²) in [6.07, 6.45) is -1.03. The molecule has 0 unspecified atom stereocenters. The van der Waals surface area contributed by atoms with Crippen LogP contribution in [0.15, 0.2) is 72.8 Å². The van der Waals surface area contributed by atoms with Crippen LogP contribution in [0.3, 0.4) is 0 Å². The maximum atomic E-state index is 13.1. The number of ether oxygens (including phenoxy) is 5. The standard InChI is InChI=1S/C33H38ClNO8/c1-6-39-29(36)33(30(37)40-7-2,35-31(38)43-32(3,4)5)19-18-24-16-17-27(21-28(24)34)42-26-15-11-14-25(20-26)41-22-23-12-9-8-10-13-23/h8-17,20-21H,6-7,18-19,22H2,1-5H3,(H,35,38). The van der Waals surface area contributed by atoms with Gasteiger partial charge in [-0.1, -0.05) is 54.1 Å². The SMILES string of the molecule is CCOC(=O)C(CCc1ccc(Oc2cccc(OCc3ccccc3)c2)cc1Cl)(NC(=O)OC(C)(C)C)C(=O)OCC. The maximum absolute atomic E-state index is 13.1.